The van der Waals surface area contributed by atoms with Gasteiger partial charge in [-0.3, -0.25) is 4.79 Å². The summed E-state index contributed by atoms with van der Waals surface area (Å²) >= 11 is 9.69. The third-order valence-corrected chi connectivity index (χ3v) is 0.618. The van der Waals surface area contributed by atoms with Gasteiger partial charge < -0.3 is 14.9 Å². The molecule has 0 aliphatic carbocycles. The molecule has 2 N–H and O–H groups in total. The van der Waals surface area contributed by atoms with Crippen molar-refractivity contribution in [1.29, 1.82) is 0 Å². The van der Waals surface area contributed by atoms with E-state index in [9.17, 15) is 14.4 Å². The standard InChI is InChI=1S/C4H4O4.C4H6O2.C2H2Cl2/c5-3(6)1-2-4(7)8;1-3-6-4(2)5;1-2(3)4/h1-2H,(H,5,6)(H,7,8);3H,1H2,2H3;1H2/b2-1-;;. The summed E-state index contributed by atoms with van der Waals surface area (Å²) < 4.78 is 4.28. The number of rotatable bonds is 3. The van der Waals surface area contributed by atoms with Crippen molar-refractivity contribution in [2.24, 2.45) is 0 Å². The molecule has 0 rings (SSSR count). The van der Waals surface area contributed by atoms with Crippen LogP contribution in [0.1, 0.15) is 6.92 Å². The predicted octanol–water partition coefficient (Wildman–Crippen LogP) is 2.34. The Hall–Kier alpha value is -1.79. The third-order valence-electron chi connectivity index (χ3n) is 0.618. The topological polar surface area (TPSA) is 101 Å². The van der Waals surface area contributed by atoms with Gasteiger partial charge in [0.05, 0.1) is 10.8 Å². The minimum Gasteiger partial charge on any atom is -0.478 e. The summed E-state index contributed by atoms with van der Waals surface area (Å²) in [4.78, 5) is 28.9. The normalized spacial score (nSPS) is 7.94. The minimum atomic E-state index is -1.26. The summed E-state index contributed by atoms with van der Waals surface area (Å²) in [6.45, 7) is 7.57. The Morgan fingerprint density at radius 1 is 1.11 bits per heavy atom. The van der Waals surface area contributed by atoms with E-state index < -0.39 is 11.9 Å². The molecule has 6 nitrogen and oxygen atoms in total. The highest BCUT2D eigenvalue weighted by Crippen LogP contribution is 1.98. The Morgan fingerprint density at radius 2 is 1.39 bits per heavy atom. The van der Waals surface area contributed by atoms with Crippen LogP contribution < -0.4 is 0 Å². The lowest BCUT2D eigenvalue weighted by Crippen LogP contribution is -1.91. The van der Waals surface area contributed by atoms with Crippen LogP contribution in [-0.4, -0.2) is 28.1 Å². The molecule has 0 spiro atoms. The van der Waals surface area contributed by atoms with Crippen LogP contribution in [0, 0.1) is 0 Å². The highest BCUT2D eigenvalue weighted by atomic mass is 35.5. The van der Waals surface area contributed by atoms with Crippen LogP contribution in [0.3, 0.4) is 0 Å². The van der Waals surface area contributed by atoms with Crippen LogP contribution >= 0.6 is 23.2 Å². The number of aliphatic carboxylic acids is 2. The van der Waals surface area contributed by atoms with E-state index in [0.717, 1.165) is 6.26 Å². The van der Waals surface area contributed by atoms with Gasteiger partial charge in [-0.1, -0.05) is 36.4 Å². The van der Waals surface area contributed by atoms with Crippen molar-refractivity contribution in [3.8, 4) is 0 Å². The van der Waals surface area contributed by atoms with Gasteiger partial charge in [0.1, 0.15) is 0 Å². The van der Waals surface area contributed by atoms with Crippen molar-refractivity contribution < 1.29 is 29.3 Å². The van der Waals surface area contributed by atoms with Crippen molar-refractivity contribution >= 4 is 41.1 Å². The molecule has 0 saturated heterocycles. The van der Waals surface area contributed by atoms with Gasteiger partial charge in [-0.25, -0.2) is 9.59 Å². The molecule has 0 heterocycles. The highest BCUT2D eigenvalue weighted by Gasteiger charge is 1.88. The Kier molecular flexibility index (Phi) is 18.2. The monoisotopic (exact) mass is 298 g/mol. The fourth-order valence-corrected chi connectivity index (χ4v) is 0.260. The first-order valence-corrected chi connectivity index (χ1v) is 4.81. The van der Waals surface area contributed by atoms with Crippen LogP contribution in [0.2, 0.25) is 0 Å². The van der Waals surface area contributed by atoms with Gasteiger partial charge in [0.15, 0.2) is 0 Å². The number of esters is 1. The first kappa shape index (κ1) is 21.5. The fraction of sp³-hybridized carbons (Fsp3) is 0.100. The molecule has 18 heavy (non-hydrogen) atoms. The van der Waals surface area contributed by atoms with E-state index in [4.69, 9.17) is 33.4 Å². The molecule has 0 aromatic carbocycles. The number of halogens is 2. The zero-order valence-electron chi connectivity index (χ0n) is 9.43. The van der Waals surface area contributed by atoms with Crippen LogP contribution in [0.15, 0.2) is 36.1 Å². The van der Waals surface area contributed by atoms with E-state index in [2.05, 4.69) is 17.9 Å². The molecular weight excluding hydrogens is 287 g/mol. The van der Waals surface area contributed by atoms with Gasteiger partial charge in [-0.15, -0.1) is 0 Å². The Balaban J connectivity index is -0.000000200. The maximum absolute atomic E-state index is 9.75. The second kappa shape index (κ2) is 15.2. The maximum atomic E-state index is 9.75. The van der Waals surface area contributed by atoms with Crippen molar-refractivity contribution in [2.45, 2.75) is 6.92 Å². The lowest BCUT2D eigenvalue weighted by molar-refractivity contribution is -0.135. The number of ether oxygens (including phenoxy) is 1. The summed E-state index contributed by atoms with van der Waals surface area (Å²) in [5.41, 5.74) is 0. The Bertz CT molecular complexity index is 315. The molecule has 8 heteroatoms. The average molecular weight is 299 g/mol. The third kappa shape index (κ3) is 64.3. The molecule has 0 bridgehead atoms. The molecule has 0 fully saturated rings. The first-order chi connectivity index (χ1) is 8.13. The van der Waals surface area contributed by atoms with E-state index in [1.165, 1.54) is 6.92 Å². The highest BCUT2D eigenvalue weighted by molar-refractivity contribution is 6.55. The van der Waals surface area contributed by atoms with Crippen LogP contribution in [0.4, 0.5) is 0 Å². The maximum Gasteiger partial charge on any atom is 0.328 e. The molecule has 0 radical (unpaired) electrons. The second-order valence-electron chi connectivity index (χ2n) is 2.12. The quantitative estimate of drug-likeness (QED) is 0.471. The van der Waals surface area contributed by atoms with Crippen molar-refractivity contribution in [3.63, 3.8) is 0 Å². The van der Waals surface area contributed by atoms with Gasteiger partial charge in [-0.2, -0.15) is 0 Å². The number of carboxylic acid groups (broad SMARTS) is 2. The molecule has 0 aromatic heterocycles. The SMILES string of the molecule is C=C(Cl)Cl.C=COC(C)=O.O=C(O)/C=C\C(=O)O. The van der Waals surface area contributed by atoms with E-state index in [0.29, 0.717) is 12.2 Å². The van der Waals surface area contributed by atoms with E-state index in [1.807, 2.05) is 0 Å². The number of carbonyl (C=O) groups excluding carboxylic acids is 1. The molecular formula is C10H12Cl2O6. The lowest BCUT2D eigenvalue weighted by Gasteiger charge is -1.83. The zero-order chi connectivity index (χ0) is 15.1. The summed E-state index contributed by atoms with van der Waals surface area (Å²) in [5.74, 6) is -2.84. The summed E-state index contributed by atoms with van der Waals surface area (Å²) in [5, 5.41) is 15.6. The van der Waals surface area contributed by atoms with Gasteiger partial charge >= 0.3 is 17.9 Å². The van der Waals surface area contributed by atoms with E-state index in [1.54, 1.807) is 0 Å². The van der Waals surface area contributed by atoms with Crippen molar-refractivity contribution in [3.05, 3.63) is 36.1 Å². The summed E-state index contributed by atoms with van der Waals surface area (Å²) in [7, 11) is 0. The molecule has 0 saturated carbocycles. The molecule has 0 unspecified atom stereocenters. The second-order valence-corrected chi connectivity index (χ2v) is 3.23. The van der Waals surface area contributed by atoms with Crippen LogP contribution in [0.25, 0.3) is 0 Å². The zero-order valence-corrected chi connectivity index (χ0v) is 10.9. The number of carbonyl (C=O) groups is 3. The summed E-state index contributed by atoms with van der Waals surface area (Å²) in [6, 6.07) is 0. The Morgan fingerprint density at radius 3 is 1.44 bits per heavy atom. The minimum absolute atomic E-state index is 0.111. The largest absolute Gasteiger partial charge is 0.478 e. The van der Waals surface area contributed by atoms with Gasteiger partial charge in [-0.05, 0) is 0 Å². The molecule has 0 amide bonds. The van der Waals surface area contributed by atoms with Crippen LogP contribution in [0.5, 0.6) is 0 Å². The van der Waals surface area contributed by atoms with Gasteiger partial charge in [0, 0.05) is 19.1 Å². The molecule has 102 valence electrons. The van der Waals surface area contributed by atoms with Crippen molar-refractivity contribution in [2.75, 3.05) is 0 Å². The number of hydrogen-bond acceptors (Lipinski definition) is 4. The smallest absolute Gasteiger partial charge is 0.328 e. The van der Waals surface area contributed by atoms with E-state index in [-0.39, 0.29) is 10.5 Å². The lowest BCUT2D eigenvalue weighted by atomic mass is 10.5. The van der Waals surface area contributed by atoms with E-state index >= 15 is 0 Å². The predicted molar refractivity (Wildman–Crippen MR) is 67.2 cm³/mol. The molecule has 0 aliphatic rings. The Labute approximate surface area is 114 Å². The number of carboxylic acids is 2. The van der Waals surface area contributed by atoms with Crippen molar-refractivity contribution in [1.82, 2.24) is 0 Å². The first-order valence-electron chi connectivity index (χ1n) is 4.05. The average Bonchev–Trinajstić information content (AvgIpc) is 2.14. The number of hydrogen-bond donors (Lipinski definition) is 2. The summed E-state index contributed by atoms with van der Waals surface area (Å²) in [6.07, 6.45) is 2.22. The molecule has 0 aromatic rings. The molecule has 0 atom stereocenters. The van der Waals surface area contributed by atoms with Crippen LogP contribution in [-0.2, 0) is 19.1 Å². The fourth-order valence-electron chi connectivity index (χ4n) is 0.260. The van der Waals surface area contributed by atoms with Gasteiger partial charge in [0.2, 0.25) is 0 Å². The molecule has 0 aliphatic heterocycles. The van der Waals surface area contributed by atoms with Gasteiger partial charge in [0.25, 0.3) is 0 Å².